The van der Waals surface area contributed by atoms with Gasteiger partial charge in [-0.3, -0.25) is 4.79 Å². The number of unbranched alkanes of at least 4 members (excludes halogenated alkanes) is 11. The Balaban J connectivity index is 2.11. The number of aliphatic hydroxyl groups is 1. The molecule has 0 radical (unpaired) electrons. The average Bonchev–Trinajstić information content (AvgIpc) is 2.82. The lowest BCUT2D eigenvalue weighted by molar-refractivity contribution is -0.194. The summed E-state index contributed by atoms with van der Waals surface area (Å²) in [5, 5.41) is 10.2. The third-order valence-corrected chi connectivity index (χ3v) is 6.43. The summed E-state index contributed by atoms with van der Waals surface area (Å²) in [6.45, 7) is 3.01. The molecule has 5 heteroatoms. The number of methoxy groups -OCH3 is 1. The zero-order valence-electron chi connectivity index (χ0n) is 21.6. The second-order valence-corrected chi connectivity index (χ2v) is 9.60. The maximum Gasteiger partial charge on any atom is 0.308 e. The summed E-state index contributed by atoms with van der Waals surface area (Å²) in [5.41, 5.74) is 0. The van der Waals surface area contributed by atoms with Crippen LogP contribution in [0.2, 0.25) is 0 Å². The van der Waals surface area contributed by atoms with Crippen LogP contribution in [0, 0.1) is 0 Å². The Hall–Kier alpha value is -0.910. The average molecular weight is 469 g/mol. The van der Waals surface area contributed by atoms with Crippen molar-refractivity contribution >= 4 is 5.97 Å². The fraction of sp³-hybridized carbons (Fsp3) is 0.893. The molecule has 33 heavy (non-hydrogen) atoms. The molecule has 0 spiro atoms. The maximum atomic E-state index is 11.4. The number of rotatable bonds is 21. The second-order valence-electron chi connectivity index (χ2n) is 9.60. The van der Waals surface area contributed by atoms with Gasteiger partial charge in [0.2, 0.25) is 0 Å². The van der Waals surface area contributed by atoms with Gasteiger partial charge in [-0.25, -0.2) is 0 Å². The minimum absolute atomic E-state index is 0.0221. The molecule has 0 aromatic carbocycles. The molecule has 0 bridgehead atoms. The number of carbonyl (C=O) groups is 1. The van der Waals surface area contributed by atoms with E-state index in [9.17, 15) is 9.90 Å². The lowest BCUT2D eigenvalue weighted by Crippen LogP contribution is -2.31. The summed E-state index contributed by atoms with van der Waals surface area (Å²) < 4.78 is 16.5. The molecule has 1 saturated heterocycles. The first-order valence-corrected chi connectivity index (χ1v) is 13.8. The summed E-state index contributed by atoms with van der Waals surface area (Å²) >= 11 is 0. The van der Waals surface area contributed by atoms with Crippen LogP contribution in [-0.2, 0) is 19.0 Å². The largest absolute Gasteiger partial charge is 0.469 e. The molecular weight excluding hydrogens is 416 g/mol. The SMILES string of the molecule is CCCCCCCCC=CCCCCCCC[C@@H](C[C@H](O)CC(=O)OC)OC1CCCCO1. The number of aliphatic hydroxyl groups excluding tert-OH is 1. The summed E-state index contributed by atoms with van der Waals surface area (Å²) in [6, 6.07) is 0. The van der Waals surface area contributed by atoms with Crippen LogP contribution < -0.4 is 0 Å². The van der Waals surface area contributed by atoms with E-state index in [1.807, 2.05) is 0 Å². The van der Waals surface area contributed by atoms with Gasteiger partial charge in [0.05, 0.1) is 25.7 Å². The smallest absolute Gasteiger partial charge is 0.308 e. The Bertz CT molecular complexity index is 473. The van der Waals surface area contributed by atoms with Crippen molar-refractivity contribution in [1.29, 1.82) is 0 Å². The molecule has 3 atom stereocenters. The van der Waals surface area contributed by atoms with Gasteiger partial charge in [0.1, 0.15) is 0 Å². The summed E-state index contributed by atoms with van der Waals surface area (Å²) in [5.74, 6) is -0.379. The molecule has 1 rings (SSSR count). The molecule has 1 fully saturated rings. The van der Waals surface area contributed by atoms with Crippen LogP contribution in [-0.4, -0.2) is 43.3 Å². The van der Waals surface area contributed by atoms with Gasteiger partial charge >= 0.3 is 5.97 Å². The molecular formula is C28H52O5. The van der Waals surface area contributed by atoms with Gasteiger partial charge in [0.25, 0.3) is 0 Å². The van der Waals surface area contributed by atoms with E-state index in [2.05, 4.69) is 23.8 Å². The van der Waals surface area contributed by atoms with Crippen LogP contribution in [0.5, 0.6) is 0 Å². The van der Waals surface area contributed by atoms with E-state index in [0.717, 1.165) is 38.7 Å². The molecule has 0 aliphatic carbocycles. The van der Waals surface area contributed by atoms with Crippen molar-refractivity contribution in [3.8, 4) is 0 Å². The molecule has 1 aliphatic heterocycles. The third kappa shape index (κ3) is 18.1. The normalized spacial score (nSPS) is 18.5. The topological polar surface area (TPSA) is 65.0 Å². The Morgan fingerprint density at radius 1 is 0.970 bits per heavy atom. The minimum Gasteiger partial charge on any atom is -0.469 e. The van der Waals surface area contributed by atoms with E-state index in [1.54, 1.807) is 0 Å². The number of carbonyl (C=O) groups excluding carboxylic acids is 1. The van der Waals surface area contributed by atoms with Gasteiger partial charge in [0, 0.05) is 13.0 Å². The van der Waals surface area contributed by atoms with E-state index >= 15 is 0 Å². The highest BCUT2D eigenvalue weighted by atomic mass is 16.7. The lowest BCUT2D eigenvalue weighted by Gasteiger charge is -2.29. The van der Waals surface area contributed by atoms with Gasteiger partial charge in [0.15, 0.2) is 6.29 Å². The predicted molar refractivity (Wildman–Crippen MR) is 135 cm³/mol. The van der Waals surface area contributed by atoms with Gasteiger partial charge in [-0.05, 0) is 51.4 Å². The van der Waals surface area contributed by atoms with Crippen molar-refractivity contribution in [3.05, 3.63) is 12.2 Å². The van der Waals surface area contributed by atoms with Crippen LogP contribution >= 0.6 is 0 Å². The highest BCUT2D eigenvalue weighted by molar-refractivity contribution is 5.69. The van der Waals surface area contributed by atoms with Crippen LogP contribution in [0.25, 0.3) is 0 Å². The first-order chi connectivity index (χ1) is 16.2. The highest BCUT2D eigenvalue weighted by Gasteiger charge is 2.23. The van der Waals surface area contributed by atoms with E-state index in [0.29, 0.717) is 6.42 Å². The summed E-state index contributed by atoms with van der Waals surface area (Å²) in [7, 11) is 1.35. The zero-order valence-corrected chi connectivity index (χ0v) is 21.6. The first-order valence-electron chi connectivity index (χ1n) is 13.8. The second kappa shape index (κ2) is 21.6. The van der Waals surface area contributed by atoms with Crippen molar-refractivity contribution < 1.29 is 24.1 Å². The number of hydrogen-bond donors (Lipinski definition) is 1. The number of hydrogen-bond acceptors (Lipinski definition) is 5. The molecule has 0 amide bonds. The molecule has 1 aliphatic rings. The van der Waals surface area contributed by atoms with Crippen molar-refractivity contribution in [2.24, 2.45) is 0 Å². The number of allylic oxidation sites excluding steroid dienone is 2. The number of esters is 1. The monoisotopic (exact) mass is 468 g/mol. The quantitative estimate of drug-likeness (QED) is 0.109. The van der Waals surface area contributed by atoms with E-state index in [1.165, 1.54) is 84.2 Å². The highest BCUT2D eigenvalue weighted by Crippen LogP contribution is 2.22. The summed E-state index contributed by atoms with van der Waals surface area (Å²) in [6.07, 6.45) is 24.9. The lowest BCUT2D eigenvalue weighted by atomic mass is 10.0. The van der Waals surface area contributed by atoms with Crippen LogP contribution in [0.15, 0.2) is 12.2 Å². The molecule has 1 unspecified atom stereocenters. The van der Waals surface area contributed by atoms with Crippen LogP contribution in [0.1, 0.15) is 129 Å². The minimum atomic E-state index is -0.728. The van der Waals surface area contributed by atoms with Gasteiger partial charge in [-0.15, -0.1) is 0 Å². The zero-order chi connectivity index (χ0) is 24.0. The van der Waals surface area contributed by atoms with E-state index in [-0.39, 0.29) is 24.8 Å². The first kappa shape index (κ1) is 30.1. The Kier molecular flexibility index (Phi) is 19.7. The number of ether oxygens (including phenoxy) is 3. The standard InChI is InChI=1S/C28H52O5/c1-3-4-5-6-7-8-9-10-11-12-13-14-15-16-17-20-26(23-25(29)24-27(30)31-2)33-28-21-18-19-22-32-28/h10-11,25-26,28-29H,3-9,12-24H2,1-2H3/t25-,26-,28?/m0/s1. The molecule has 1 N–H and O–H groups in total. The summed E-state index contributed by atoms with van der Waals surface area (Å²) in [4.78, 5) is 11.4. The Labute approximate surface area is 203 Å². The maximum absolute atomic E-state index is 11.4. The Morgan fingerprint density at radius 2 is 1.61 bits per heavy atom. The van der Waals surface area contributed by atoms with Gasteiger partial charge in [-0.2, -0.15) is 0 Å². The predicted octanol–water partition coefficient (Wildman–Crippen LogP) is 7.25. The molecule has 0 aromatic rings. The molecule has 5 nitrogen and oxygen atoms in total. The molecule has 0 saturated carbocycles. The van der Waals surface area contributed by atoms with Crippen molar-refractivity contribution in [2.45, 2.75) is 147 Å². The van der Waals surface area contributed by atoms with Crippen molar-refractivity contribution in [1.82, 2.24) is 0 Å². The van der Waals surface area contributed by atoms with Crippen molar-refractivity contribution in [2.75, 3.05) is 13.7 Å². The molecule has 0 aromatic heterocycles. The van der Waals surface area contributed by atoms with Gasteiger partial charge in [-0.1, -0.05) is 76.9 Å². The van der Waals surface area contributed by atoms with E-state index in [4.69, 9.17) is 9.47 Å². The third-order valence-electron chi connectivity index (χ3n) is 6.43. The fourth-order valence-corrected chi connectivity index (χ4v) is 4.38. The van der Waals surface area contributed by atoms with Crippen molar-refractivity contribution in [3.63, 3.8) is 0 Å². The Morgan fingerprint density at radius 3 is 2.21 bits per heavy atom. The fourth-order valence-electron chi connectivity index (χ4n) is 4.38. The van der Waals surface area contributed by atoms with Crippen LogP contribution in [0.3, 0.4) is 0 Å². The van der Waals surface area contributed by atoms with E-state index < -0.39 is 6.10 Å². The van der Waals surface area contributed by atoms with Gasteiger partial charge < -0.3 is 19.3 Å². The van der Waals surface area contributed by atoms with Crippen LogP contribution in [0.4, 0.5) is 0 Å². The molecule has 194 valence electrons. The molecule has 1 heterocycles.